The van der Waals surface area contributed by atoms with Crippen LogP contribution in [0.4, 0.5) is 0 Å². The van der Waals surface area contributed by atoms with Crippen molar-refractivity contribution in [2.24, 2.45) is 0 Å². The van der Waals surface area contributed by atoms with Crippen molar-refractivity contribution in [1.82, 2.24) is 4.90 Å². The summed E-state index contributed by atoms with van der Waals surface area (Å²) in [5, 5.41) is 8.57. The second-order valence-corrected chi connectivity index (χ2v) is 4.73. The summed E-state index contributed by atoms with van der Waals surface area (Å²) < 4.78 is 10.7. The zero-order valence-electron chi connectivity index (χ0n) is 10.0. The second kappa shape index (κ2) is 4.50. The first-order valence-electron chi connectivity index (χ1n) is 5.63. The van der Waals surface area contributed by atoms with E-state index in [1.54, 1.807) is 6.26 Å². The lowest BCUT2D eigenvalue weighted by atomic mass is 9.94. The fourth-order valence-corrected chi connectivity index (χ4v) is 2.12. The van der Waals surface area contributed by atoms with Crippen molar-refractivity contribution in [2.45, 2.75) is 25.5 Å². The van der Waals surface area contributed by atoms with Crippen molar-refractivity contribution in [1.29, 1.82) is 0 Å². The zero-order valence-corrected chi connectivity index (χ0v) is 10.0. The van der Waals surface area contributed by atoms with Crippen molar-refractivity contribution in [3.8, 4) is 0 Å². The third-order valence-corrected chi connectivity index (χ3v) is 3.12. The summed E-state index contributed by atoms with van der Waals surface area (Å²) in [5.41, 5.74) is -0.348. The Balaban J connectivity index is 1.83. The molecule has 0 saturated carbocycles. The number of aliphatic carboxylic acids is 1. The Kier molecular flexibility index (Phi) is 3.22. The van der Waals surface area contributed by atoms with Gasteiger partial charge in [-0.3, -0.25) is 4.90 Å². The number of likely N-dealkylation sites (tertiary alicyclic amines) is 1. The van der Waals surface area contributed by atoms with Gasteiger partial charge < -0.3 is 14.3 Å². The van der Waals surface area contributed by atoms with Gasteiger partial charge in [0.05, 0.1) is 17.9 Å². The Bertz CT molecular complexity index is 381. The maximum atomic E-state index is 10.4. The third-order valence-electron chi connectivity index (χ3n) is 3.12. The molecule has 1 saturated heterocycles. The zero-order chi connectivity index (χ0) is 12.5. The normalized spacial score (nSPS) is 20.8. The molecule has 94 valence electrons. The molecule has 0 spiro atoms. The SMILES string of the molecule is CC(c1ccco1)N1CC(C)(OCC(=O)O)C1. The molecule has 0 radical (unpaired) electrons. The topological polar surface area (TPSA) is 62.9 Å². The predicted octanol–water partition coefficient (Wildman–Crippen LogP) is 1.52. The van der Waals surface area contributed by atoms with Gasteiger partial charge in [0.25, 0.3) is 0 Å². The Hall–Kier alpha value is -1.33. The minimum atomic E-state index is -0.927. The largest absolute Gasteiger partial charge is 0.480 e. The molecule has 0 bridgehead atoms. The molecule has 5 heteroatoms. The summed E-state index contributed by atoms with van der Waals surface area (Å²) in [4.78, 5) is 12.6. The van der Waals surface area contributed by atoms with Crippen LogP contribution in [0.1, 0.15) is 25.6 Å². The summed E-state index contributed by atoms with van der Waals surface area (Å²) >= 11 is 0. The van der Waals surface area contributed by atoms with E-state index < -0.39 is 5.97 Å². The first-order chi connectivity index (χ1) is 8.00. The van der Waals surface area contributed by atoms with Crippen molar-refractivity contribution < 1.29 is 19.1 Å². The van der Waals surface area contributed by atoms with Gasteiger partial charge in [0.1, 0.15) is 12.4 Å². The lowest BCUT2D eigenvalue weighted by molar-refractivity contribution is -0.169. The van der Waals surface area contributed by atoms with Crippen LogP contribution >= 0.6 is 0 Å². The quantitative estimate of drug-likeness (QED) is 0.844. The molecule has 2 rings (SSSR count). The fourth-order valence-electron chi connectivity index (χ4n) is 2.12. The summed E-state index contributed by atoms with van der Waals surface area (Å²) in [6, 6.07) is 4.01. The third kappa shape index (κ3) is 2.68. The second-order valence-electron chi connectivity index (χ2n) is 4.73. The van der Waals surface area contributed by atoms with E-state index in [0.717, 1.165) is 18.8 Å². The van der Waals surface area contributed by atoms with Crippen LogP contribution in [0.15, 0.2) is 22.8 Å². The van der Waals surface area contributed by atoms with Gasteiger partial charge in [-0.15, -0.1) is 0 Å². The van der Waals surface area contributed by atoms with E-state index in [2.05, 4.69) is 11.8 Å². The van der Waals surface area contributed by atoms with E-state index in [1.807, 2.05) is 19.1 Å². The number of carboxylic acids is 1. The number of carboxylic acid groups (broad SMARTS) is 1. The van der Waals surface area contributed by atoms with E-state index in [1.165, 1.54) is 0 Å². The van der Waals surface area contributed by atoms with Gasteiger partial charge in [0, 0.05) is 13.1 Å². The molecule has 1 atom stereocenters. The standard InChI is InChI=1S/C12H17NO4/c1-9(10-4-3-5-16-10)13-7-12(2,8-13)17-6-11(14)15/h3-5,9H,6-8H2,1-2H3,(H,14,15). The highest BCUT2D eigenvalue weighted by molar-refractivity contribution is 5.68. The molecule has 1 aliphatic heterocycles. The maximum absolute atomic E-state index is 10.4. The summed E-state index contributed by atoms with van der Waals surface area (Å²) in [6.07, 6.45) is 1.66. The highest BCUT2D eigenvalue weighted by Gasteiger charge is 2.42. The average Bonchev–Trinajstić information content (AvgIpc) is 2.74. The fraction of sp³-hybridized carbons (Fsp3) is 0.583. The smallest absolute Gasteiger partial charge is 0.329 e. The van der Waals surface area contributed by atoms with Crippen LogP contribution < -0.4 is 0 Å². The van der Waals surface area contributed by atoms with Crippen LogP contribution in [0.5, 0.6) is 0 Å². The summed E-state index contributed by atoms with van der Waals surface area (Å²) in [5.74, 6) is -0.00552. The van der Waals surface area contributed by atoms with Crippen LogP contribution in [-0.2, 0) is 9.53 Å². The maximum Gasteiger partial charge on any atom is 0.329 e. The first-order valence-corrected chi connectivity index (χ1v) is 5.63. The number of rotatable bonds is 5. The number of nitrogens with zero attached hydrogens (tertiary/aromatic N) is 1. The van der Waals surface area contributed by atoms with E-state index >= 15 is 0 Å². The van der Waals surface area contributed by atoms with E-state index in [4.69, 9.17) is 14.3 Å². The van der Waals surface area contributed by atoms with E-state index in [9.17, 15) is 4.79 Å². The molecular weight excluding hydrogens is 222 g/mol. The summed E-state index contributed by atoms with van der Waals surface area (Å²) in [7, 11) is 0. The Morgan fingerprint density at radius 2 is 2.41 bits per heavy atom. The summed E-state index contributed by atoms with van der Waals surface area (Å²) in [6.45, 7) is 5.21. The minimum Gasteiger partial charge on any atom is -0.480 e. The van der Waals surface area contributed by atoms with Gasteiger partial charge >= 0.3 is 5.97 Å². The molecule has 1 unspecified atom stereocenters. The van der Waals surface area contributed by atoms with Gasteiger partial charge in [0.15, 0.2) is 0 Å². The van der Waals surface area contributed by atoms with Crippen molar-refractivity contribution in [3.63, 3.8) is 0 Å². The highest BCUT2D eigenvalue weighted by Crippen LogP contribution is 2.32. The van der Waals surface area contributed by atoms with E-state index in [0.29, 0.717) is 0 Å². The number of furan rings is 1. The predicted molar refractivity (Wildman–Crippen MR) is 60.7 cm³/mol. The molecule has 17 heavy (non-hydrogen) atoms. The molecule has 2 heterocycles. The Labute approximate surface area is 100.0 Å². The lowest BCUT2D eigenvalue weighted by Gasteiger charge is -2.49. The van der Waals surface area contributed by atoms with Gasteiger partial charge in [0.2, 0.25) is 0 Å². The molecule has 1 aromatic rings. The molecule has 0 amide bonds. The van der Waals surface area contributed by atoms with Gasteiger partial charge in [-0.1, -0.05) is 0 Å². The van der Waals surface area contributed by atoms with Crippen molar-refractivity contribution >= 4 is 5.97 Å². The van der Waals surface area contributed by atoms with Crippen LogP contribution in [0, 0.1) is 0 Å². The molecule has 0 aliphatic carbocycles. The van der Waals surface area contributed by atoms with Gasteiger partial charge in [-0.2, -0.15) is 0 Å². The molecule has 1 fully saturated rings. The molecular formula is C12H17NO4. The molecule has 0 aromatic carbocycles. The highest BCUT2D eigenvalue weighted by atomic mass is 16.5. The number of hydrogen-bond acceptors (Lipinski definition) is 4. The number of hydrogen-bond donors (Lipinski definition) is 1. The van der Waals surface area contributed by atoms with Crippen LogP contribution in [0.3, 0.4) is 0 Å². The van der Waals surface area contributed by atoms with Gasteiger partial charge in [-0.05, 0) is 26.0 Å². The van der Waals surface area contributed by atoms with Gasteiger partial charge in [-0.25, -0.2) is 4.79 Å². The molecule has 1 N–H and O–H groups in total. The first kappa shape index (κ1) is 12.1. The lowest BCUT2D eigenvalue weighted by Crippen LogP contribution is -2.62. The van der Waals surface area contributed by atoms with Crippen LogP contribution in [-0.4, -0.2) is 41.3 Å². The van der Waals surface area contributed by atoms with Crippen molar-refractivity contribution in [2.75, 3.05) is 19.7 Å². The van der Waals surface area contributed by atoms with Crippen LogP contribution in [0.2, 0.25) is 0 Å². The monoisotopic (exact) mass is 239 g/mol. The molecule has 1 aliphatic rings. The number of carbonyl (C=O) groups is 1. The molecule has 1 aromatic heterocycles. The Morgan fingerprint density at radius 3 is 2.94 bits per heavy atom. The molecule has 5 nitrogen and oxygen atoms in total. The number of ether oxygens (including phenoxy) is 1. The van der Waals surface area contributed by atoms with Crippen molar-refractivity contribution in [3.05, 3.63) is 24.2 Å². The van der Waals surface area contributed by atoms with Crippen LogP contribution in [0.25, 0.3) is 0 Å². The Morgan fingerprint density at radius 1 is 1.71 bits per heavy atom. The minimum absolute atomic E-state index is 0.200. The average molecular weight is 239 g/mol. The van der Waals surface area contributed by atoms with E-state index in [-0.39, 0.29) is 18.2 Å².